The third-order valence-electron chi connectivity index (χ3n) is 2.19. The van der Waals surface area contributed by atoms with E-state index in [-0.39, 0.29) is 18.1 Å². The standard InChI is InChI=1S/C10H18N4O3/c1-4-7(15)5-6-11-8-12-9(16-2)14-10(13-8)17-3/h7,15H,4-6H2,1-3H3,(H,11,12,13,14). The molecule has 0 bridgehead atoms. The van der Waals surface area contributed by atoms with Gasteiger partial charge in [0.25, 0.3) is 0 Å². The van der Waals surface area contributed by atoms with Gasteiger partial charge in [-0.2, -0.15) is 9.97 Å². The van der Waals surface area contributed by atoms with Gasteiger partial charge in [0.2, 0.25) is 5.95 Å². The fourth-order valence-corrected chi connectivity index (χ4v) is 1.15. The molecule has 0 radical (unpaired) electrons. The number of methoxy groups -OCH3 is 2. The molecule has 1 unspecified atom stereocenters. The average molecular weight is 242 g/mol. The number of hydrogen-bond donors (Lipinski definition) is 2. The molecule has 0 aliphatic heterocycles. The molecule has 1 rings (SSSR count). The highest BCUT2D eigenvalue weighted by molar-refractivity contribution is 5.27. The lowest BCUT2D eigenvalue weighted by atomic mass is 10.2. The lowest BCUT2D eigenvalue weighted by Gasteiger charge is -2.09. The second kappa shape index (κ2) is 6.85. The third kappa shape index (κ3) is 4.39. The number of nitrogens with zero attached hydrogens (tertiary/aromatic N) is 3. The van der Waals surface area contributed by atoms with E-state index >= 15 is 0 Å². The zero-order valence-corrected chi connectivity index (χ0v) is 10.3. The van der Waals surface area contributed by atoms with E-state index in [1.165, 1.54) is 14.2 Å². The molecule has 0 saturated carbocycles. The van der Waals surface area contributed by atoms with Gasteiger partial charge in [0.05, 0.1) is 20.3 Å². The Bertz CT molecular complexity index is 326. The minimum Gasteiger partial charge on any atom is -0.467 e. The van der Waals surface area contributed by atoms with Crippen molar-refractivity contribution in [1.82, 2.24) is 15.0 Å². The molecule has 17 heavy (non-hydrogen) atoms. The van der Waals surface area contributed by atoms with Crippen LogP contribution < -0.4 is 14.8 Å². The SMILES string of the molecule is CCC(O)CCNc1nc(OC)nc(OC)n1. The number of aliphatic hydroxyl groups is 1. The molecule has 0 spiro atoms. The summed E-state index contributed by atoms with van der Waals surface area (Å²) in [6.07, 6.45) is 1.05. The van der Waals surface area contributed by atoms with E-state index in [0.29, 0.717) is 18.9 Å². The molecule has 1 aromatic heterocycles. The quantitative estimate of drug-likeness (QED) is 0.718. The predicted molar refractivity (Wildman–Crippen MR) is 62.3 cm³/mol. The first kappa shape index (κ1) is 13.4. The third-order valence-corrected chi connectivity index (χ3v) is 2.19. The van der Waals surface area contributed by atoms with E-state index in [4.69, 9.17) is 9.47 Å². The minimum absolute atomic E-state index is 0.190. The maximum Gasteiger partial charge on any atom is 0.324 e. The molecule has 1 atom stereocenters. The van der Waals surface area contributed by atoms with Crippen molar-refractivity contribution < 1.29 is 14.6 Å². The van der Waals surface area contributed by atoms with E-state index in [0.717, 1.165) is 6.42 Å². The summed E-state index contributed by atoms with van der Waals surface area (Å²) in [7, 11) is 2.94. The number of anilines is 1. The van der Waals surface area contributed by atoms with Crippen molar-refractivity contribution in [2.24, 2.45) is 0 Å². The van der Waals surface area contributed by atoms with Crippen molar-refractivity contribution in [2.45, 2.75) is 25.9 Å². The Balaban J connectivity index is 2.57. The summed E-state index contributed by atoms with van der Waals surface area (Å²) in [5.41, 5.74) is 0. The molecule has 96 valence electrons. The Labute approximate surface area is 100 Å². The van der Waals surface area contributed by atoms with Crippen molar-refractivity contribution >= 4 is 5.95 Å². The summed E-state index contributed by atoms with van der Waals surface area (Å²) in [4.78, 5) is 11.9. The number of ether oxygens (including phenoxy) is 2. The Morgan fingerprint density at radius 2 is 1.76 bits per heavy atom. The van der Waals surface area contributed by atoms with Gasteiger partial charge in [-0.3, -0.25) is 0 Å². The molecule has 0 aliphatic carbocycles. The molecule has 2 N–H and O–H groups in total. The van der Waals surface area contributed by atoms with E-state index in [9.17, 15) is 5.11 Å². The zero-order chi connectivity index (χ0) is 12.7. The summed E-state index contributed by atoms with van der Waals surface area (Å²) < 4.78 is 9.83. The monoisotopic (exact) mass is 242 g/mol. The van der Waals surface area contributed by atoms with Crippen LogP contribution in [0, 0.1) is 0 Å². The second-order valence-electron chi connectivity index (χ2n) is 3.41. The van der Waals surface area contributed by atoms with Crippen molar-refractivity contribution in [2.75, 3.05) is 26.1 Å². The molecule has 1 heterocycles. The highest BCUT2D eigenvalue weighted by atomic mass is 16.5. The minimum atomic E-state index is -0.312. The van der Waals surface area contributed by atoms with Gasteiger partial charge in [-0.25, -0.2) is 0 Å². The maximum atomic E-state index is 9.39. The Morgan fingerprint density at radius 3 is 2.24 bits per heavy atom. The molecule has 1 aromatic rings. The summed E-state index contributed by atoms with van der Waals surface area (Å²) in [6, 6.07) is 0.380. The van der Waals surface area contributed by atoms with Crippen LogP contribution in [0.15, 0.2) is 0 Å². The lowest BCUT2D eigenvalue weighted by molar-refractivity contribution is 0.164. The highest BCUT2D eigenvalue weighted by Crippen LogP contribution is 2.12. The van der Waals surface area contributed by atoms with Crippen molar-refractivity contribution in [3.8, 4) is 12.0 Å². The first-order chi connectivity index (χ1) is 8.19. The van der Waals surface area contributed by atoms with Crippen LogP contribution in [0.2, 0.25) is 0 Å². The van der Waals surface area contributed by atoms with Gasteiger partial charge in [0.1, 0.15) is 0 Å². The van der Waals surface area contributed by atoms with E-state index in [1.54, 1.807) is 0 Å². The Morgan fingerprint density at radius 1 is 1.18 bits per heavy atom. The molecule has 0 aromatic carbocycles. The van der Waals surface area contributed by atoms with Crippen LogP contribution >= 0.6 is 0 Å². The molecular formula is C10H18N4O3. The topological polar surface area (TPSA) is 89.4 Å². The first-order valence-electron chi connectivity index (χ1n) is 5.45. The smallest absolute Gasteiger partial charge is 0.324 e. The summed E-state index contributed by atoms with van der Waals surface area (Å²) in [5.74, 6) is 0.372. The molecule has 0 fully saturated rings. The molecule has 7 heteroatoms. The van der Waals surface area contributed by atoms with Crippen LogP contribution in [0.4, 0.5) is 5.95 Å². The van der Waals surface area contributed by atoms with Crippen LogP contribution in [-0.4, -0.2) is 46.9 Å². The second-order valence-corrected chi connectivity index (χ2v) is 3.41. The van der Waals surface area contributed by atoms with Crippen molar-refractivity contribution in [1.29, 1.82) is 0 Å². The van der Waals surface area contributed by atoms with Crippen LogP contribution in [0.3, 0.4) is 0 Å². The maximum absolute atomic E-state index is 9.39. The van der Waals surface area contributed by atoms with Crippen LogP contribution in [0.25, 0.3) is 0 Å². The fraction of sp³-hybridized carbons (Fsp3) is 0.700. The number of hydrogen-bond acceptors (Lipinski definition) is 7. The number of nitrogens with one attached hydrogen (secondary N) is 1. The Kier molecular flexibility index (Phi) is 5.41. The lowest BCUT2D eigenvalue weighted by Crippen LogP contribution is -2.14. The average Bonchev–Trinajstić information content (AvgIpc) is 2.37. The van der Waals surface area contributed by atoms with Crippen molar-refractivity contribution in [3.63, 3.8) is 0 Å². The predicted octanol–water partition coefficient (Wildman–Crippen LogP) is 0.462. The summed E-state index contributed by atoms with van der Waals surface area (Å²) in [6.45, 7) is 2.50. The molecular weight excluding hydrogens is 224 g/mol. The van der Waals surface area contributed by atoms with E-state index in [2.05, 4.69) is 20.3 Å². The molecule has 7 nitrogen and oxygen atoms in total. The van der Waals surface area contributed by atoms with Gasteiger partial charge < -0.3 is 19.9 Å². The summed E-state index contributed by atoms with van der Waals surface area (Å²) in [5, 5.41) is 12.4. The number of aliphatic hydroxyl groups excluding tert-OH is 1. The van der Waals surface area contributed by atoms with E-state index in [1.807, 2.05) is 6.92 Å². The molecule has 0 saturated heterocycles. The van der Waals surface area contributed by atoms with E-state index < -0.39 is 0 Å². The van der Waals surface area contributed by atoms with Crippen LogP contribution in [0.5, 0.6) is 12.0 Å². The largest absolute Gasteiger partial charge is 0.467 e. The van der Waals surface area contributed by atoms with Gasteiger partial charge in [-0.05, 0) is 12.8 Å². The van der Waals surface area contributed by atoms with Gasteiger partial charge >= 0.3 is 12.0 Å². The van der Waals surface area contributed by atoms with Crippen LogP contribution in [-0.2, 0) is 0 Å². The number of rotatable bonds is 7. The Hall–Kier alpha value is -1.63. The molecule has 0 amide bonds. The normalized spacial score (nSPS) is 12.0. The van der Waals surface area contributed by atoms with Gasteiger partial charge in [0, 0.05) is 6.54 Å². The molecule has 0 aliphatic rings. The number of aromatic nitrogens is 3. The fourth-order valence-electron chi connectivity index (χ4n) is 1.15. The van der Waals surface area contributed by atoms with Gasteiger partial charge in [0.15, 0.2) is 0 Å². The zero-order valence-electron chi connectivity index (χ0n) is 10.3. The highest BCUT2D eigenvalue weighted by Gasteiger charge is 2.07. The summed E-state index contributed by atoms with van der Waals surface area (Å²) >= 11 is 0. The van der Waals surface area contributed by atoms with Crippen molar-refractivity contribution in [3.05, 3.63) is 0 Å². The van der Waals surface area contributed by atoms with Gasteiger partial charge in [-0.15, -0.1) is 4.98 Å². The van der Waals surface area contributed by atoms with Crippen LogP contribution in [0.1, 0.15) is 19.8 Å². The first-order valence-corrected chi connectivity index (χ1v) is 5.45. The van der Waals surface area contributed by atoms with Gasteiger partial charge in [-0.1, -0.05) is 6.92 Å².